The van der Waals surface area contributed by atoms with Crippen LogP contribution in [0.15, 0.2) is 28.7 Å². The molecule has 0 radical (unpaired) electrons. The van der Waals surface area contributed by atoms with Crippen molar-refractivity contribution in [3.8, 4) is 0 Å². The van der Waals surface area contributed by atoms with Crippen LogP contribution in [0.3, 0.4) is 0 Å². The molecule has 3 heteroatoms. The largest absolute Gasteiger partial charge is 0.363 e. The average molecular weight is 216 g/mol. The van der Waals surface area contributed by atoms with Crippen molar-refractivity contribution >= 4 is 15.9 Å². The van der Waals surface area contributed by atoms with Gasteiger partial charge in [0.1, 0.15) is 6.23 Å². The molecule has 60 valence electrons. The first-order valence-corrected chi connectivity index (χ1v) is 4.07. The minimum Gasteiger partial charge on any atom is -0.363 e. The monoisotopic (exact) mass is 215 g/mol. The summed E-state index contributed by atoms with van der Waals surface area (Å²) < 4.78 is 5.98. The molecule has 0 amide bonds. The van der Waals surface area contributed by atoms with Gasteiger partial charge in [0, 0.05) is 11.6 Å². The van der Waals surface area contributed by atoms with E-state index in [4.69, 9.17) is 10.5 Å². The molecule has 0 bridgehead atoms. The van der Waals surface area contributed by atoms with E-state index in [9.17, 15) is 0 Å². The van der Waals surface area contributed by atoms with Gasteiger partial charge in [0.25, 0.3) is 0 Å². The van der Waals surface area contributed by atoms with E-state index >= 15 is 0 Å². The Morgan fingerprint density at radius 2 is 1.91 bits per heavy atom. The van der Waals surface area contributed by atoms with Gasteiger partial charge in [0.15, 0.2) is 0 Å². The van der Waals surface area contributed by atoms with Crippen LogP contribution >= 0.6 is 15.9 Å². The normalized spacial score (nSPS) is 13.0. The van der Waals surface area contributed by atoms with Gasteiger partial charge in [-0.2, -0.15) is 0 Å². The van der Waals surface area contributed by atoms with Crippen molar-refractivity contribution in [1.82, 2.24) is 0 Å². The molecule has 0 spiro atoms. The molecular weight excluding hydrogens is 206 g/mol. The second kappa shape index (κ2) is 3.85. The smallest absolute Gasteiger partial charge is 0.131 e. The van der Waals surface area contributed by atoms with E-state index in [1.165, 1.54) is 0 Å². The maximum absolute atomic E-state index is 5.61. The van der Waals surface area contributed by atoms with E-state index in [0.29, 0.717) is 0 Å². The number of hydrogen-bond acceptors (Lipinski definition) is 2. The number of ether oxygens (including phenoxy) is 1. The van der Waals surface area contributed by atoms with Gasteiger partial charge in [0.2, 0.25) is 0 Å². The Balaban J connectivity index is 2.81. The Labute approximate surface area is 74.5 Å². The highest BCUT2D eigenvalue weighted by Gasteiger charge is 2.01. The molecule has 0 aromatic heterocycles. The third kappa shape index (κ3) is 2.29. The lowest BCUT2D eigenvalue weighted by Crippen LogP contribution is -2.11. The van der Waals surface area contributed by atoms with Gasteiger partial charge in [-0.1, -0.05) is 28.1 Å². The molecule has 0 heterocycles. The van der Waals surface area contributed by atoms with Gasteiger partial charge in [-0.25, -0.2) is 0 Å². The van der Waals surface area contributed by atoms with Crippen LogP contribution in [0.2, 0.25) is 0 Å². The maximum atomic E-state index is 5.61. The Morgan fingerprint density at radius 3 is 2.36 bits per heavy atom. The molecule has 1 atom stereocenters. The van der Waals surface area contributed by atoms with Crippen LogP contribution in [0.4, 0.5) is 0 Å². The molecule has 2 nitrogen and oxygen atoms in total. The van der Waals surface area contributed by atoms with Crippen LogP contribution in [-0.4, -0.2) is 7.11 Å². The number of nitrogens with two attached hydrogens (primary N) is 1. The summed E-state index contributed by atoms with van der Waals surface area (Å²) in [5.41, 5.74) is 6.59. The van der Waals surface area contributed by atoms with Crippen molar-refractivity contribution in [2.24, 2.45) is 5.73 Å². The van der Waals surface area contributed by atoms with Crippen molar-refractivity contribution in [3.05, 3.63) is 34.3 Å². The van der Waals surface area contributed by atoms with Crippen LogP contribution in [0.1, 0.15) is 11.8 Å². The van der Waals surface area contributed by atoms with E-state index in [-0.39, 0.29) is 6.23 Å². The average Bonchev–Trinajstić information content (AvgIpc) is 2.05. The number of rotatable bonds is 2. The van der Waals surface area contributed by atoms with Crippen LogP contribution in [0.25, 0.3) is 0 Å². The molecule has 0 saturated carbocycles. The predicted molar refractivity (Wildman–Crippen MR) is 48.1 cm³/mol. The van der Waals surface area contributed by atoms with Crippen molar-refractivity contribution in [3.63, 3.8) is 0 Å². The Bertz CT molecular complexity index is 222. The molecule has 0 fully saturated rings. The molecule has 0 aliphatic carbocycles. The summed E-state index contributed by atoms with van der Waals surface area (Å²) in [4.78, 5) is 0. The second-order valence-electron chi connectivity index (χ2n) is 2.21. The standard InChI is InChI=1S/C8H10BrNO/c1-11-8(10)6-2-4-7(9)5-3-6/h2-5,8H,10H2,1H3. The predicted octanol–water partition coefficient (Wildman–Crippen LogP) is 2.05. The highest BCUT2D eigenvalue weighted by molar-refractivity contribution is 9.10. The molecule has 2 N–H and O–H groups in total. The number of methoxy groups -OCH3 is 1. The molecule has 0 saturated heterocycles. The fraction of sp³-hybridized carbons (Fsp3) is 0.250. The van der Waals surface area contributed by atoms with Crippen LogP contribution in [0, 0.1) is 0 Å². The molecular formula is C8H10BrNO. The molecule has 1 aromatic carbocycles. The lowest BCUT2D eigenvalue weighted by Gasteiger charge is -2.08. The lowest BCUT2D eigenvalue weighted by atomic mass is 10.2. The second-order valence-corrected chi connectivity index (χ2v) is 3.12. The Hall–Kier alpha value is -0.380. The van der Waals surface area contributed by atoms with Crippen LogP contribution < -0.4 is 5.73 Å². The molecule has 1 aromatic rings. The van der Waals surface area contributed by atoms with Crippen molar-refractivity contribution in [1.29, 1.82) is 0 Å². The van der Waals surface area contributed by atoms with E-state index < -0.39 is 0 Å². The molecule has 0 aliphatic heterocycles. The first-order chi connectivity index (χ1) is 5.24. The van der Waals surface area contributed by atoms with Crippen molar-refractivity contribution in [2.75, 3.05) is 7.11 Å². The molecule has 11 heavy (non-hydrogen) atoms. The summed E-state index contributed by atoms with van der Waals surface area (Å²) in [6.45, 7) is 0. The number of benzene rings is 1. The van der Waals surface area contributed by atoms with Crippen LogP contribution in [0.5, 0.6) is 0 Å². The Morgan fingerprint density at radius 1 is 1.36 bits per heavy atom. The zero-order valence-corrected chi connectivity index (χ0v) is 7.84. The van der Waals surface area contributed by atoms with E-state index in [1.807, 2.05) is 24.3 Å². The summed E-state index contributed by atoms with van der Waals surface area (Å²) in [5, 5.41) is 0. The topological polar surface area (TPSA) is 35.2 Å². The molecule has 0 aliphatic rings. The minimum absolute atomic E-state index is 0.317. The maximum Gasteiger partial charge on any atom is 0.131 e. The van der Waals surface area contributed by atoms with Crippen molar-refractivity contribution < 1.29 is 4.74 Å². The van der Waals surface area contributed by atoms with Gasteiger partial charge in [-0.3, -0.25) is 0 Å². The zero-order valence-electron chi connectivity index (χ0n) is 6.25. The first kappa shape index (κ1) is 8.71. The van der Waals surface area contributed by atoms with E-state index in [2.05, 4.69) is 15.9 Å². The summed E-state index contributed by atoms with van der Waals surface area (Å²) >= 11 is 3.33. The zero-order chi connectivity index (χ0) is 8.27. The van der Waals surface area contributed by atoms with Crippen LogP contribution in [-0.2, 0) is 4.74 Å². The summed E-state index contributed by atoms with van der Waals surface area (Å²) in [6, 6.07) is 7.74. The first-order valence-electron chi connectivity index (χ1n) is 3.28. The van der Waals surface area contributed by atoms with Gasteiger partial charge in [-0.15, -0.1) is 0 Å². The van der Waals surface area contributed by atoms with Crippen molar-refractivity contribution in [2.45, 2.75) is 6.23 Å². The van der Waals surface area contributed by atoms with Gasteiger partial charge in [-0.05, 0) is 17.7 Å². The van der Waals surface area contributed by atoms with E-state index in [1.54, 1.807) is 7.11 Å². The Kier molecular flexibility index (Phi) is 3.05. The van der Waals surface area contributed by atoms with Gasteiger partial charge >= 0.3 is 0 Å². The third-order valence-electron chi connectivity index (χ3n) is 1.45. The fourth-order valence-corrected chi connectivity index (χ4v) is 1.05. The van der Waals surface area contributed by atoms with E-state index in [0.717, 1.165) is 10.0 Å². The number of hydrogen-bond donors (Lipinski definition) is 1. The molecule has 1 rings (SSSR count). The highest BCUT2D eigenvalue weighted by Crippen LogP contribution is 2.14. The summed E-state index contributed by atoms with van der Waals surface area (Å²) in [6.07, 6.45) is -0.317. The van der Waals surface area contributed by atoms with Gasteiger partial charge in [0.05, 0.1) is 0 Å². The van der Waals surface area contributed by atoms with Gasteiger partial charge < -0.3 is 10.5 Å². The fourth-order valence-electron chi connectivity index (χ4n) is 0.789. The highest BCUT2D eigenvalue weighted by atomic mass is 79.9. The number of halogens is 1. The third-order valence-corrected chi connectivity index (χ3v) is 1.98. The summed E-state index contributed by atoms with van der Waals surface area (Å²) in [5.74, 6) is 0. The quantitative estimate of drug-likeness (QED) is 0.768. The minimum atomic E-state index is -0.317. The SMILES string of the molecule is COC(N)c1ccc(Br)cc1. The summed E-state index contributed by atoms with van der Waals surface area (Å²) in [7, 11) is 1.59. The molecule has 1 unspecified atom stereocenters. The lowest BCUT2D eigenvalue weighted by molar-refractivity contribution is 0.109.